The van der Waals surface area contributed by atoms with Gasteiger partial charge in [-0.3, -0.25) is 4.90 Å². The van der Waals surface area contributed by atoms with Crippen LogP contribution in [-0.4, -0.2) is 35.2 Å². The van der Waals surface area contributed by atoms with E-state index < -0.39 is 0 Å². The fourth-order valence-corrected chi connectivity index (χ4v) is 3.69. The van der Waals surface area contributed by atoms with Crippen LogP contribution in [0.2, 0.25) is 0 Å². The summed E-state index contributed by atoms with van der Waals surface area (Å²) in [6.07, 6.45) is 5.08. The summed E-state index contributed by atoms with van der Waals surface area (Å²) in [6, 6.07) is 9.46. The maximum atomic E-state index is 9.39. The SMILES string of the molecule is CCC(NC1CCN2CCCC12)c1ccc(O)cc1. The Bertz CT molecular complexity index is 417. The van der Waals surface area contributed by atoms with Crippen molar-refractivity contribution >= 4 is 0 Å². The molecule has 0 bridgehead atoms. The van der Waals surface area contributed by atoms with E-state index >= 15 is 0 Å². The normalized spacial score (nSPS) is 28.5. The van der Waals surface area contributed by atoms with Gasteiger partial charge in [0.2, 0.25) is 0 Å². The van der Waals surface area contributed by atoms with Crippen molar-refractivity contribution in [3.05, 3.63) is 29.8 Å². The van der Waals surface area contributed by atoms with Crippen molar-refractivity contribution in [3.63, 3.8) is 0 Å². The summed E-state index contributed by atoms with van der Waals surface area (Å²) in [5.74, 6) is 0.349. The van der Waals surface area contributed by atoms with Crippen LogP contribution in [0.5, 0.6) is 5.75 Å². The summed E-state index contributed by atoms with van der Waals surface area (Å²) in [5, 5.41) is 13.2. The molecule has 2 aliphatic heterocycles. The average Bonchev–Trinajstić information content (AvgIpc) is 3.01. The first kappa shape index (κ1) is 12.9. The van der Waals surface area contributed by atoms with Gasteiger partial charge in [-0.15, -0.1) is 0 Å². The number of nitrogens with one attached hydrogen (secondary N) is 1. The molecular formula is C16H24N2O. The molecule has 104 valence electrons. The van der Waals surface area contributed by atoms with Crippen LogP contribution in [0.3, 0.4) is 0 Å². The molecule has 3 nitrogen and oxygen atoms in total. The zero-order valence-electron chi connectivity index (χ0n) is 11.7. The van der Waals surface area contributed by atoms with Crippen molar-refractivity contribution in [3.8, 4) is 5.75 Å². The van der Waals surface area contributed by atoms with E-state index in [-0.39, 0.29) is 0 Å². The highest BCUT2D eigenvalue weighted by atomic mass is 16.3. The fraction of sp³-hybridized carbons (Fsp3) is 0.625. The van der Waals surface area contributed by atoms with Crippen LogP contribution in [-0.2, 0) is 0 Å². The highest BCUT2D eigenvalue weighted by Crippen LogP contribution is 2.30. The molecule has 0 saturated carbocycles. The van der Waals surface area contributed by atoms with Gasteiger partial charge in [-0.2, -0.15) is 0 Å². The lowest BCUT2D eigenvalue weighted by molar-refractivity contribution is 0.287. The van der Waals surface area contributed by atoms with E-state index in [0.29, 0.717) is 17.8 Å². The predicted octanol–water partition coefficient (Wildman–Crippen LogP) is 2.67. The molecule has 0 aliphatic carbocycles. The molecular weight excluding hydrogens is 236 g/mol. The number of aromatic hydroxyl groups is 1. The smallest absolute Gasteiger partial charge is 0.115 e. The number of fused-ring (bicyclic) bond motifs is 1. The van der Waals surface area contributed by atoms with Crippen molar-refractivity contribution < 1.29 is 5.11 Å². The monoisotopic (exact) mass is 260 g/mol. The number of hydrogen-bond acceptors (Lipinski definition) is 3. The van der Waals surface area contributed by atoms with Crippen molar-refractivity contribution in [1.82, 2.24) is 10.2 Å². The molecule has 2 heterocycles. The van der Waals surface area contributed by atoms with Crippen molar-refractivity contribution in [2.24, 2.45) is 0 Å². The number of phenolic OH excluding ortho intramolecular Hbond substituents is 1. The van der Waals surface area contributed by atoms with Gasteiger partial charge in [-0.1, -0.05) is 19.1 Å². The van der Waals surface area contributed by atoms with Crippen LogP contribution in [0.25, 0.3) is 0 Å². The van der Waals surface area contributed by atoms with E-state index in [0.717, 1.165) is 12.5 Å². The maximum absolute atomic E-state index is 9.39. The molecule has 2 N–H and O–H groups in total. The zero-order valence-corrected chi connectivity index (χ0v) is 11.7. The lowest BCUT2D eigenvalue weighted by Crippen LogP contribution is -2.40. The van der Waals surface area contributed by atoms with Crippen molar-refractivity contribution in [2.45, 2.75) is 50.7 Å². The maximum Gasteiger partial charge on any atom is 0.115 e. The molecule has 1 aromatic rings. The molecule has 0 spiro atoms. The van der Waals surface area contributed by atoms with Crippen LogP contribution in [0.15, 0.2) is 24.3 Å². The van der Waals surface area contributed by atoms with Gasteiger partial charge in [-0.05, 0) is 49.9 Å². The van der Waals surface area contributed by atoms with Crippen LogP contribution in [0.4, 0.5) is 0 Å². The van der Waals surface area contributed by atoms with Gasteiger partial charge in [0, 0.05) is 24.7 Å². The van der Waals surface area contributed by atoms with Crippen LogP contribution in [0, 0.1) is 0 Å². The summed E-state index contributed by atoms with van der Waals surface area (Å²) < 4.78 is 0. The second-order valence-electron chi connectivity index (χ2n) is 5.86. The van der Waals surface area contributed by atoms with Gasteiger partial charge in [0.15, 0.2) is 0 Å². The Morgan fingerprint density at radius 2 is 2.05 bits per heavy atom. The number of nitrogens with zero attached hydrogens (tertiary/aromatic N) is 1. The summed E-state index contributed by atoms with van der Waals surface area (Å²) in [5.41, 5.74) is 1.29. The molecule has 3 atom stereocenters. The lowest BCUT2D eigenvalue weighted by Gasteiger charge is -2.27. The third-order valence-corrected chi connectivity index (χ3v) is 4.72. The Labute approximate surface area is 115 Å². The standard InChI is InChI=1S/C16H24N2O/c1-2-14(12-5-7-13(19)8-6-12)17-15-9-11-18-10-3-4-16(15)18/h5-8,14-17,19H,2-4,9-11H2,1H3. The first-order valence-electron chi connectivity index (χ1n) is 7.57. The van der Waals surface area contributed by atoms with Crippen LogP contribution < -0.4 is 5.32 Å². The van der Waals surface area contributed by atoms with E-state index in [2.05, 4.69) is 17.1 Å². The Balaban J connectivity index is 1.68. The van der Waals surface area contributed by atoms with Crippen LogP contribution in [0.1, 0.15) is 44.2 Å². The largest absolute Gasteiger partial charge is 0.508 e. The van der Waals surface area contributed by atoms with E-state index in [1.165, 1.54) is 37.9 Å². The summed E-state index contributed by atoms with van der Waals surface area (Å²) in [6.45, 7) is 4.78. The lowest BCUT2D eigenvalue weighted by atomic mass is 10.00. The second kappa shape index (κ2) is 5.51. The predicted molar refractivity (Wildman–Crippen MR) is 77.3 cm³/mol. The van der Waals surface area contributed by atoms with Crippen molar-refractivity contribution in [1.29, 1.82) is 0 Å². The van der Waals surface area contributed by atoms with Gasteiger partial charge in [0.25, 0.3) is 0 Å². The molecule has 3 rings (SSSR count). The Morgan fingerprint density at radius 3 is 2.79 bits per heavy atom. The molecule has 1 aromatic carbocycles. The van der Waals surface area contributed by atoms with E-state index in [1.54, 1.807) is 12.1 Å². The van der Waals surface area contributed by atoms with Gasteiger partial charge in [0.1, 0.15) is 5.75 Å². The molecule has 2 fully saturated rings. The second-order valence-corrected chi connectivity index (χ2v) is 5.86. The van der Waals surface area contributed by atoms with Gasteiger partial charge >= 0.3 is 0 Å². The number of benzene rings is 1. The summed E-state index contributed by atoms with van der Waals surface area (Å²) >= 11 is 0. The van der Waals surface area contributed by atoms with E-state index in [9.17, 15) is 5.11 Å². The fourth-order valence-electron chi connectivity index (χ4n) is 3.69. The molecule has 3 heteroatoms. The molecule has 0 radical (unpaired) electrons. The van der Waals surface area contributed by atoms with Crippen LogP contribution >= 0.6 is 0 Å². The molecule has 3 unspecified atom stereocenters. The third kappa shape index (κ3) is 2.63. The minimum absolute atomic E-state index is 0.349. The Morgan fingerprint density at radius 1 is 1.26 bits per heavy atom. The topological polar surface area (TPSA) is 35.5 Å². The molecule has 0 aromatic heterocycles. The molecule has 19 heavy (non-hydrogen) atoms. The highest BCUT2D eigenvalue weighted by Gasteiger charge is 2.37. The van der Waals surface area contributed by atoms with Gasteiger partial charge in [0.05, 0.1) is 0 Å². The Hall–Kier alpha value is -1.06. The molecule has 0 amide bonds. The van der Waals surface area contributed by atoms with E-state index in [1.807, 2.05) is 12.1 Å². The molecule has 2 aliphatic rings. The average molecular weight is 260 g/mol. The molecule has 2 saturated heterocycles. The van der Waals surface area contributed by atoms with Gasteiger partial charge < -0.3 is 10.4 Å². The first-order chi connectivity index (χ1) is 9.28. The number of hydrogen-bond donors (Lipinski definition) is 2. The summed E-state index contributed by atoms with van der Waals surface area (Å²) in [4.78, 5) is 2.64. The number of phenols is 1. The van der Waals surface area contributed by atoms with Crippen molar-refractivity contribution in [2.75, 3.05) is 13.1 Å². The Kier molecular flexibility index (Phi) is 3.76. The minimum Gasteiger partial charge on any atom is -0.508 e. The highest BCUT2D eigenvalue weighted by molar-refractivity contribution is 5.28. The number of rotatable bonds is 4. The minimum atomic E-state index is 0.349. The first-order valence-corrected chi connectivity index (χ1v) is 7.57. The third-order valence-electron chi connectivity index (χ3n) is 4.72. The van der Waals surface area contributed by atoms with Gasteiger partial charge in [-0.25, -0.2) is 0 Å². The van der Waals surface area contributed by atoms with E-state index in [4.69, 9.17) is 0 Å². The summed E-state index contributed by atoms with van der Waals surface area (Å²) in [7, 11) is 0. The zero-order chi connectivity index (χ0) is 13.2. The quantitative estimate of drug-likeness (QED) is 0.873.